The Morgan fingerprint density at radius 3 is 2.80 bits per heavy atom. The average molecular weight is 263 g/mol. The fraction of sp³-hybridized carbons (Fsp3) is 0. The molecule has 3 aromatic heterocycles. The molecule has 0 atom stereocenters. The summed E-state index contributed by atoms with van der Waals surface area (Å²) >= 11 is 0. The molecule has 0 radical (unpaired) electrons. The van der Waals surface area contributed by atoms with Crippen molar-refractivity contribution in [1.29, 1.82) is 0 Å². The number of rotatable bonds is 1. The van der Waals surface area contributed by atoms with E-state index < -0.39 is 0 Å². The largest absolute Gasteiger partial charge is 0.348 e. The number of H-pyrrole nitrogens is 1. The molecule has 0 bridgehead atoms. The SMILES string of the molecule is O=c1[nH]c2cnccc2c2nc(-c3ccccc3)nn12. The van der Waals surface area contributed by atoms with Crippen molar-refractivity contribution < 1.29 is 0 Å². The highest BCUT2D eigenvalue weighted by Crippen LogP contribution is 2.18. The molecule has 0 spiro atoms. The van der Waals surface area contributed by atoms with Crippen molar-refractivity contribution in [2.75, 3.05) is 0 Å². The van der Waals surface area contributed by atoms with Crippen LogP contribution >= 0.6 is 0 Å². The third kappa shape index (κ3) is 1.51. The number of nitrogens with zero attached hydrogens (tertiary/aromatic N) is 4. The second-order valence-electron chi connectivity index (χ2n) is 4.39. The van der Waals surface area contributed by atoms with Gasteiger partial charge in [0, 0.05) is 17.1 Å². The predicted octanol–water partition coefficient (Wildman–Crippen LogP) is 1.63. The first kappa shape index (κ1) is 10.9. The Morgan fingerprint density at radius 1 is 1.10 bits per heavy atom. The third-order valence-electron chi connectivity index (χ3n) is 3.14. The zero-order valence-electron chi connectivity index (χ0n) is 10.3. The number of hydrogen-bond donors (Lipinski definition) is 1. The molecule has 0 saturated heterocycles. The molecular formula is C14H9N5O. The van der Waals surface area contributed by atoms with Crippen LogP contribution in [-0.2, 0) is 0 Å². The number of pyridine rings is 1. The van der Waals surface area contributed by atoms with E-state index in [9.17, 15) is 4.79 Å². The van der Waals surface area contributed by atoms with Crippen molar-refractivity contribution in [3.63, 3.8) is 0 Å². The molecule has 1 N–H and O–H groups in total. The lowest BCUT2D eigenvalue weighted by atomic mass is 10.2. The number of benzene rings is 1. The molecule has 96 valence electrons. The molecule has 0 aliphatic heterocycles. The molecule has 4 aromatic rings. The Morgan fingerprint density at radius 2 is 1.95 bits per heavy atom. The van der Waals surface area contributed by atoms with Gasteiger partial charge in [0.2, 0.25) is 0 Å². The maximum Gasteiger partial charge on any atom is 0.348 e. The molecule has 0 saturated carbocycles. The maximum atomic E-state index is 12.0. The second kappa shape index (κ2) is 3.99. The van der Waals surface area contributed by atoms with E-state index in [0.717, 1.165) is 10.9 Å². The minimum Gasteiger partial charge on any atom is -0.304 e. The molecule has 0 aliphatic carbocycles. The summed E-state index contributed by atoms with van der Waals surface area (Å²) in [6.07, 6.45) is 3.27. The van der Waals surface area contributed by atoms with Crippen LogP contribution in [0.1, 0.15) is 0 Å². The normalized spacial score (nSPS) is 11.2. The summed E-state index contributed by atoms with van der Waals surface area (Å²) in [6.45, 7) is 0. The maximum absolute atomic E-state index is 12.0. The molecule has 0 unspecified atom stereocenters. The highest BCUT2D eigenvalue weighted by atomic mass is 16.1. The van der Waals surface area contributed by atoms with Crippen LogP contribution in [-0.4, -0.2) is 24.6 Å². The summed E-state index contributed by atoms with van der Waals surface area (Å²) in [5.41, 5.74) is 1.73. The molecule has 6 heteroatoms. The lowest BCUT2D eigenvalue weighted by Crippen LogP contribution is -2.17. The van der Waals surface area contributed by atoms with Crippen LogP contribution in [0.2, 0.25) is 0 Å². The van der Waals surface area contributed by atoms with E-state index in [4.69, 9.17) is 0 Å². The Kier molecular flexibility index (Phi) is 2.17. The quantitative estimate of drug-likeness (QED) is 0.566. The number of aromatic amines is 1. The summed E-state index contributed by atoms with van der Waals surface area (Å²) in [5, 5.41) is 5.09. The van der Waals surface area contributed by atoms with E-state index in [0.29, 0.717) is 17.0 Å². The fourth-order valence-corrected chi connectivity index (χ4v) is 2.19. The van der Waals surface area contributed by atoms with E-state index in [-0.39, 0.29) is 5.69 Å². The molecule has 1 aromatic carbocycles. The average Bonchev–Trinajstić information content (AvgIpc) is 2.94. The summed E-state index contributed by atoms with van der Waals surface area (Å²) in [5.74, 6) is 0.528. The van der Waals surface area contributed by atoms with Gasteiger partial charge in [-0.3, -0.25) is 4.98 Å². The Balaban J connectivity index is 2.11. The van der Waals surface area contributed by atoms with Crippen molar-refractivity contribution in [3.8, 4) is 11.4 Å². The van der Waals surface area contributed by atoms with E-state index >= 15 is 0 Å². The van der Waals surface area contributed by atoms with Crippen molar-refractivity contribution in [2.45, 2.75) is 0 Å². The molecule has 0 fully saturated rings. The van der Waals surface area contributed by atoms with Crippen LogP contribution in [0, 0.1) is 0 Å². The van der Waals surface area contributed by atoms with Crippen LogP contribution in [0.25, 0.3) is 27.9 Å². The van der Waals surface area contributed by atoms with Gasteiger partial charge in [0.05, 0.1) is 11.7 Å². The van der Waals surface area contributed by atoms with Crippen molar-refractivity contribution in [3.05, 3.63) is 59.3 Å². The van der Waals surface area contributed by atoms with Crippen LogP contribution in [0.4, 0.5) is 0 Å². The van der Waals surface area contributed by atoms with Crippen molar-refractivity contribution >= 4 is 16.6 Å². The predicted molar refractivity (Wildman–Crippen MR) is 74.3 cm³/mol. The third-order valence-corrected chi connectivity index (χ3v) is 3.14. The molecule has 4 rings (SSSR count). The summed E-state index contributed by atoms with van der Waals surface area (Å²) in [4.78, 5) is 23.2. The Labute approximate surface area is 112 Å². The van der Waals surface area contributed by atoms with Gasteiger partial charge < -0.3 is 4.98 Å². The van der Waals surface area contributed by atoms with Gasteiger partial charge in [-0.15, -0.1) is 5.10 Å². The highest BCUT2D eigenvalue weighted by molar-refractivity contribution is 5.90. The van der Waals surface area contributed by atoms with Crippen molar-refractivity contribution in [2.24, 2.45) is 0 Å². The summed E-state index contributed by atoms with van der Waals surface area (Å²) in [7, 11) is 0. The van der Waals surface area contributed by atoms with Crippen LogP contribution in [0.5, 0.6) is 0 Å². The molecule has 0 amide bonds. The lowest BCUT2D eigenvalue weighted by molar-refractivity contribution is 0.884. The topological polar surface area (TPSA) is 75.9 Å². The van der Waals surface area contributed by atoms with E-state index in [1.54, 1.807) is 12.4 Å². The zero-order chi connectivity index (χ0) is 13.5. The van der Waals surface area contributed by atoms with Gasteiger partial charge in [0.1, 0.15) is 0 Å². The number of nitrogens with one attached hydrogen (secondary N) is 1. The minimum atomic E-state index is -0.324. The van der Waals surface area contributed by atoms with Gasteiger partial charge in [-0.25, -0.2) is 9.78 Å². The smallest absolute Gasteiger partial charge is 0.304 e. The van der Waals surface area contributed by atoms with Crippen LogP contribution < -0.4 is 5.69 Å². The van der Waals surface area contributed by atoms with Gasteiger partial charge in [-0.1, -0.05) is 30.3 Å². The van der Waals surface area contributed by atoms with Crippen molar-refractivity contribution in [1.82, 2.24) is 24.6 Å². The van der Waals surface area contributed by atoms with Gasteiger partial charge in [0.25, 0.3) is 0 Å². The fourth-order valence-electron chi connectivity index (χ4n) is 2.19. The molecule has 0 aliphatic rings. The first-order valence-corrected chi connectivity index (χ1v) is 6.11. The lowest BCUT2D eigenvalue weighted by Gasteiger charge is -1.96. The van der Waals surface area contributed by atoms with Gasteiger partial charge in [-0.2, -0.15) is 4.52 Å². The van der Waals surface area contributed by atoms with Crippen LogP contribution in [0.15, 0.2) is 53.6 Å². The number of fused-ring (bicyclic) bond motifs is 3. The molecule has 6 nitrogen and oxygen atoms in total. The first-order chi connectivity index (χ1) is 9.83. The molecule has 20 heavy (non-hydrogen) atoms. The molecule has 3 heterocycles. The van der Waals surface area contributed by atoms with E-state index in [1.807, 2.05) is 36.4 Å². The number of aromatic nitrogens is 5. The number of hydrogen-bond acceptors (Lipinski definition) is 4. The van der Waals surface area contributed by atoms with Gasteiger partial charge >= 0.3 is 5.69 Å². The van der Waals surface area contributed by atoms with E-state index in [2.05, 4.69) is 20.1 Å². The standard InChI is InChI=1S/C14H9N5O/c20-14-16-11-8-15-7-6-10(11)13-17-12(18-19(13)14)9-4-2-1-3-5-9/h1-8H,(H,16,20). The van der Waals surface area contributed by atoms with Gasteiger partial charge in [-0.05, 0) is 6.07 Å². The van der Waals surface area contributed by atoms with E-state index in [1.165, 1.54) is 4.52 Å². The highest BCUT2D eigenvalue weighted by Gasteiger charge is 2.11. The van der Waals surface area contributed by atoms with Gasteiger partial charge in [0.15, 0.2) is 11.5 Å². The Bertz CT molecular complexity index is 971. The minimum absolute atomic E-state index is 0.324. The molecular weight excluding hydrogens is 254 g/mol. The Hall–Kier alpha value is -3.02. The van der Waals surface area contributed by atoms with Crippen LogP contribution in [0.3, 0.4) is 0 Å². The zero-order valence-corrected chi connectivity index (χ0v) is 10.3. The monoisotopic (exact) mass is 263 g/mol. The summed E-state index contributed by atoms with van der Waals surface area (Å²) < 4.78 is 1.28. The second-order valence-corrected chi connectivity index (χ2v) is 4.39. The summed E-state index contributed by atoms with van der Waals surface area (Å²) in [6, 6.07) is 11.4. The first-order valence-electron chi connectivity index (χ1n) is 6.11.